The fraction of sp³-hybridized carbons (Fsp3) is 0.0588. The van der Waals surface area contributed by atoms with Crippen LogP contribution >= 0.6 is 22.7 Å². The van der Waals surface area contributed by atoms with Crippen molar-refractivity contribution in [2.75, 3.05) is 12.4 Å². The normalized spacial score (nSPS) is 10.1. The molecule has 0 spiro atoms. The van der Waals surface area contributed by atoms with E-state index in [0.29, 0.717) is 25.5 Å². The maximum Gasteiger partial charge on any atom is 0.348 e. The number of nitrogens with zero attached hydrogens (tertiary/aromatic N) is 2. The Balaban J connectivity index is 1.83. The Labute approximate surface area is 151 Å². The van der Waals surface area contributed by atoms with Crippen molar-refractivity contribution in [1.82, 2.24) is 4.98 Å². The Kier molecular flexibility index (Phi) is 4.88. The maximum absolute atomic E-state index is 12.3. The molecule has 1 amide bonds. The minimum atomic E-state index is -0.489. The van der Waals surface area contributed by atoms with Gasteiger partial charge in [0.15, 0.2) is 5.13 Å². The molecule has 25 heavy (non-hydrogen) atoms. The third-order valence-electron chi connectivity index (χ3n) is 3.21. The Morgan fingerprint density at radius 3 is 2.52 bits per heavy atom. The van der Waals surface area contributed by atoms with E-state index in [1.807, 2.05) is 30.3 Å². The first-order valence-electron chi connectivity index (χ1n) is 7.08. The maximum atomic E-state index is 12.3. The first-order valence-corrected chi connectivity index (χ1v) is 8.71. The van der Waals surface area contributed by atoms with E-state index in [1.54, 1.807) is 6.07 Å². The molecule has 1 N–H and O–H groups in total. The van der Waals surface area contributed by atoms with Crippen molar-refractivity contribution in [1.29, 1.82) is 5.26 Å². The van der Waals surface area contributed by atoms with Crippen LogP contribution in [0, 0.1) is 11.3 Å². The molecule has 0 bridgehead atoms. The molecule has 0 atom stereocenters. The van der Waals surface area contributed by atoms with E-state index in [2.05, 4.69) is 21.1 Å². The lowest BCUT2D eigenvalue weighted by atomic mass is 10.1. The molecule has 0 unspecified atom stereocenters. The predicted octanol–water partition coefficient (Wildman–Crippen LogP) is 3.78. The van der Waals surface area contributed by atoms with Gasteiger partial charge < -0.3 is 4.74 Å². The number of aromatic nitrogens is 1. The van der Waals surface area contributed by atoms with Gasteiger partial charge in [-0.05, 0) is 12.1 Å². The van der Waals surface area contributed by atoms with E-state index in [0.717, 1.165) is 28.2 Å². The number of amides is 1. The van der Waals surface area contributed by atoms with Crippen molar-refractivity contribution in [3.63, 3.8) is 0 Å². The highest BCUT2D eigenvalue weighted by Crippen LogP contribution is 2.31. The van der Waals surface area contributed by atoms with Crippen LogP contribution in [0.4, 0.5) is 5.13 Å². The van der Waals surface area contributed by atoms with E-state index in [9.17, 15) is 14.9 Å². The van der Waals surface area contributed by atoms with E-state index < -0.39 is 11.9 Å². The number of hydrogen-bond donors (Lipinski definition) is 1. The molecule has 0 saturated carbocycles. The molecule has 2 aromatic heterocycles. The zero-order chi connectivity index (χ0) is 17.8. The van der Waals surface area contributed by atoms with E-state index in [4.69, 9.17) is 0 Å². The van der Waals surface area contributed by atoms with Crippen molar-refractivity contribution in [2.45, 2.75) is 0 Å². The number of carbonyl (C=O) groups is 2. The van der Waals surface area contributed by atoms with Crippen LogP contribution in [0.2, 0.25) is 0 Å². The Morgan fingerprint density at radius 1 is 1.12 bits per heavy atom. The highest BCUT2D eigenvalue weighted by Gasteiger charge is 2.18. The number of benzene rings is 1. The minimum absolute atomic E-state index is 0.327. The van der Waals surface area contributed by atoms with Gasteiger partial charge in [0.25, 0.3) is 5.91 Å². The second kappa shape index (κ2) is 7.25. The van der Waals surface area contributed by atoms with Gasteiger partial charge in [-0.3, -0.25) is 10.1 Å². The van der Waals surface area contributed by atoms with Gasteiger partial charge in [-0.15, -0.1) is 11.3 Å². The Morgan fingerprint density at radius 2 is 1.84 bits per heavy atom. The molecule has 1 aromatic carbocycles. The molecule has 0 aliphatic carbocycles. The fourth-order valence-corrected chi connectivity index (χ4v) is 3.67. The summed E-state index contributed by atoms with van der Waals surface area (Å²) in [4.78, 5) is 29.2. The highest BCUT2D eigenvalue weighted by atomic mass is 32.1. The number of nitriles is 1. The lowest BCUT2D eigenvalue weighted by Crippen LogP contribution is -2.09. The third kappa shape index (κ3) is 3.57. The van der Waals surface area contributed by atoms with Crippen molar-refractivity contribution in [3.05, 3.63) is 57.1 Å². The number of rotatable bonds is 4. The molecule has 0 aliphatic rings. The van der Waals surface area contributed by atoms with Crippen LogP contribution in [0.3, 0.4) is 0 Å². The molecule has 8 heteroatoms. The quantitative estimate of drug-likeness (QED) is 0.707. The van der Waals surface area contributed by atoms with E-state index in [-0.39, 0.29) is 0 Å². The minimum Gasteiger partial charge on any atom is -0.465 e. The summed E-state index contributed by atoms with van der Waals surface area (Å²) in [6.07, 6.45) is 0. The number of thiazole rings is 1. The lowest BCUT2D eigenvalue weighted by Gasteiger charge is -1.98. The summed E-state index contributed by atoms with van der Waals surface area (Å²) in [5.41, 5.74) is 1.34. The molecule has 0 aliphatic heterocycles. The summed E-state index contributed by atoms with van der Waals surface area (Å²) in [5.74, 6) is -0.880. The van der Waals surface area contributed by atoms with Crippen LogP contribution in [0.5, 0.6) is 0 Å². The van der Waals surface area contributed by atoms with Crippen LogP contribution < -0.4 is 5.32 Å². The first-order chi connectivity index (χ1) is 12.1. The fourth-order valence-electron chi connectivity index (χ4n) is 2.07. The molecular formula is C17H11N3O3S2. The van der Waals surface area contributed by atoms with Gasteiger partial charge in [-0.1, -0.05) is 41.7 Å². The molecule has 2 heterocycles. The van der Waals surface area contributed by atoms with Crippen molar-refractivity contribution in [2.24, 2.45) is 0 Å². The van der Waals surface area contributed by atoms with Gasteiger partial charge in [0.1, 0.15) is 21.5 Å². The molecule has 6 nitrogen and oxygen atoms in total. The van der Waals surface area contributed by atoms with Crippen LogP contribution in [-0.4, -0.2) is 24.0 Å². The number of thiophene rings is 1. The average molecular weight is 369 g/mol. The van der Waals surface area contributed by atoms with Crippen LogP contribution in [0.15, 0.2) is 42.5 Å². The SMILES string of the molecule is COC(=O)c1ccc(C(=O)Nc2nc(-c3ccccc3)c(C#N)s2)s1. The van der Waals surface area contributed by atoms with Gasteiger partial charge in [0.05, 0.1) is 12.0 Å². The van der Waals surface area contributed by atoms with E-state index in [1.165, 1.54) is 13.2 Å². The average Bonchev–Trinajstić information content (AvgIpc) is 3.29. The number of esters is 1. The van der Waals surface area contributed by atoms with Crippen molar-refractivity contribution < 1.29 is 14.3 Å². The van der Waals surface area contributed by atoms with E-state index >= 15 is 0 Å². The van der Waals surface area contributed by atoms with Crippen LogP contribution in [-0.2, 0) is 4.74 Å². The summed E-state index contributed by atoms with van der Waals surface area (Å²) in [6, 6.07) is 14.5. The smallest absolute Gasteiger partial charge is 0.348 e. The molecular weight excluding hydrogens is 358 g/mol. The largest absolute Gasteiger partial charge is 0.465 e. The second-order valence-electron chi connectivity index (χ2n) is 4.78. The molecule has 0 radical (unpaired) electrons. The standard InChI is InChI=1S/C17H11N3O3S2/c1-23-16(22)12-8-7-11(24-12)15(21)20-17-19-14(13(9-18)25-17)10-5-3-2-4-6-10/h2-8H,1H3,(H,19,20,21). The topological polar surface area (TPSA) is 92.1 Å². The van der Waals surface area contributed by atoms with Gasteiger partial charge in [-0.2, -0.15) is 5.26 Å². The third-order valence-corrected chi connectivity index (χ3v) is 5.15. The Hall–Kier alpha value is -3.02. The zero-order valence-corrected chi connectivity index (χ0v) is 14.6. The molecule has 3 rings (SSSR count). The molecule has 0 saturated heterocycles. The van der Waals surface area contributed by atoms with Crippen molar-refractivity contribution >= 4 is 39.7 Å². The van der Waals surface area contributed by atoms with Gasteiger partial charge in [-0.25, -0.2) is 9.78 Å². The number of ether oxygens (including phenoxy) is 1. The second-order valence-corrected chi connectivity index (χ2v) is 6.87. The summed E-state index contributed by atoms with van der Waals surface area (Å²) >= 11 is 2.14. The number of nitrogens with one attached hydrogen (secondary N) is 1. The monoisotopic (exact) mass is 369 g/mol. The summed E-state index contributed by atoms with van der Waals surface area (Å²) in [5, 5.41) is 12.3. The van der Waals surface area contributed by atoms with Crippen LogP contribution in [0.25, 0.3) is 11.3 Å². The number of methoxy groups -OCH3 is 1. The Bertz CT molecular complexity index is 971. The lowest BCUT2D eigenvalue weighted by molar-refractivity contribution is 0.0606. The number of anilines is 1. The molecule has 124 valence electrons. The van der Waals surface area contributed by atoms with Gasteiger partial charge in [0, 0.05) is 5.56 Å². The number of hydrogen-bond acceptors (Lipinski definition) is 7. The van der Waals surface area contributed by atoms with Crippen molar-refractivity contribution in [3.8, 4) is 17.3 Å². The summed E-state index contributed by atoms with van der Waals surface area (Å²) in [7, 11) is 1.28. The first kappa shape index (κ1) is 16.8. The molecule has 0 fully saturated rings. The molecule has 3 aromatic rings. The zero-order valence-electron chi connectivity index (χ0n) is 13.0. The number of carbonyl (C=O) groups excluding carboxylic acids is 2. The summed E-state index contributed by atoms with van der Waals surface area (Å²) < 4.78 is 4.62. The van der Waals surface area contributed by atoms with Crippen LogP contribution in [0.1, 0.15) is 24.2 Å². The predicted molar refractivity (Wildman–Crippen MR) is 95.9 cm³/mol. The highest BCUT2D eigenvalue weighted by molar-refractivity contribution is 7.17. The van der Waals surface area contributed by atoms with Gasteiger partial charge >= 0.3 is 5.97 Å². The summed E-state index contributed by atoms with van der Waals surface area (Å²) in [6.45, 7) is 0. The van der Waals surface area contributed by atoms with Gasteiger partial charge in [0.2, 0.25) is 0 Å².